The smallest absolute Gasteiger partial charge is 0.332 e. The number of carbonyl (C=O) groups is 3. The first-order valence-corrected chi connectivity index (χ1v) is 14.5. The normalized spacial score (nSPS) is 29.4. The second-order valence-electron chi connectivity index (χ2n) is 10.3. The molecule has 1 saturated carbocycles. The van der Waals surface area contributed by atoms with E-state index in [0.717, 1.165) is 35.9 Å². The lowest BCUT2D eigenvalue weighted by atomic mass is 10.1. The van der Waals surface area contributed by atoms with E-state index in [4.69, 9.17) is 27.4 Å². The number of aromatic nitrogens is 1. The third-order valence-corrected chi connectivity index (χ3v) is 8.69. The van der Waals surface area contributed by atoms with Crippen molar-refractivity contribution in [2.45, 2.75) is 68.7 Å². The number of carbonyl (C=O) groups excluding carboxylic acids is 3. The van der Waals surface area contributed by atoms with Crippen LogP contribution in [0, 0.1) is 5.92 Å². The maximum atomic E-state index is 13.8. The van der Waals surface area contributed by atoms with E-state index in [1.165, 1.54) is 23.3 Å². The predicted octanol–water partition coefficient (Wildman–Crippen LogP) is 2.41. The summed E-state index contributed by atoms with van der Waals surface area (Å²) in [7, 11) is 1.32. The molecule has 1 aromatic carbocycles. The van der Waals surface area contributed by atoms with E-state index >= 15 is 0 Å². The molecule has 0 unspecified atom stereocenters. The van der Waals surface area contributed by atoms with Crippen molar-refractivity contribution in [3.05, 3.63) is 36.4 Å². The van der Waals surface area contributed by atoms with Crippen molar-refractivity contribution in [3.8, 4) is 5.19 Å². The zero-order valence-corrected chi connectivity index (χ0v) is 23.4. The van der Waals surface area contributed by atoms with Crippen molar-refractivity contribution in [2.24, 2.45) is 11.7 Å². The summed E-state index contributed by atoms with van der Waals surface area (Å²) in [5, 5.41) is 6.38. The Bertz CT molecular complexity index is 1270. The number of nitrogens with zero attached hydrogens (tertiary/aromatic N) is 2. The molecule has 2 aliphatic heterocycles. The third-order valence-electron chi connectivity index (χ3n) is 7.65. The van der Waals surface area contributed by atoms with Gasteiger partial charge < -0.3 is 30.7 Å². The van der Waals surface area contributed by atoms with Gasteiger partial charge in [0.2, 0.25) is 11.8 Å². The number of methoxy groups -OCH3 is 1. The Morgan fingerprint density at radius 3 is 2.87 bits per heavy atom. The molecule has 3 aliphatic rings. The number of fused-ring (bicyclic) bond motifs is 3. The molecule has 208 valence electrons. The minimum absolute atomic E-state index is 0.0298. The summed E-state index contributed by atoms with van der Waals surface area (Å²) >= 11 is 6.48. The highest BCUT2D eigenvalue weighted by Crippen LogP contribution is 2.46. The van der Waals surface area contributed by atoms with Crippen molar-refractivity contribution in [2.75, 3.05) is 13.7 Å². The van der Waals surface area contributed by atoms with Crippen LogP contribution in [0.25, 0.3) is 10.2 Å². The zero-order valence-electron chi connectivity index (χ0n) is 21.8. The molecule has 2 fully saturated rings. The number of esters is 1. The predicted molar refractivity (Wildman–Crippen MR) is 151 cm³/mol. The number of hydrogen-bond acceptors (Lipinski definition) is 8. The second-order valence-corrected chi connectivity index (χ2v) is 11.8. The first-order chi connectivity index (χ1) is 18.8. The third kappa shape index (κ3) is 5.86. The number of nitrogens with one attached hydrogen (secondary N) is 2. The number of ether oxygens (including phenoxy) is 2. The number of nitrogens with two attached hydrogens (primary N) is 1. The maximum absolute atomic E-state index is 13.8. The topological polar surface area (TPSA) is 136 Å². The first kappa shape index (κ1) is 27.3. The minimum Gasteiger partial charge on any atom is -0.467 e. The molecule has 1 aromatic heterocycles. The first-order valence-electron chi connectivity index (χ1n) is 13.3. The Kier molecular flexibility index (Phi) is 8.03. The van der Waals surface area contributed by atoms with E-state index in [2.05, 4.69) is 21.7 Å². The molecule has 12 heteroatoms. The summed E-state index contributed by atoms with van der Waals surface area (Å²) < 4.78 is 12.3. The highest BCUT2D eigenvalue weighted by molar-refractivity contribution is 7.80. The Morgan fingerprint density at radius 1 is 1.28 bits per heavy atom. The van der Waals surface area contributed by atoms with Crippen molar-refractivity contribution in [3.63, 3.8) is 0 Å². The Balaban J connectivity index is 1.42. The molecule has 10 nitrogen and oxygen atoms in total. The van der Waals surface area contributed by atoms with Crippen LogP contribution >= 0.6 is 23.6 Å². The van der Waals surface area contributed by atoms with Crippen LogP contribution < -0.4 is 21.1 Å². The van der Waals surface area contributed by atoms with Gasteiger partial charge in [0, 0.05) is 12.3 Å². The lowest BCUT2D eigenvalue weighted by Crippen LogP contribution is -2.56. The molecular weight excluding hydrogens is 538 g/mol. The van der Waals surface area contributed by atoms with Gasteiger partial charge in [-0.25, -0.2) is 9.78 Å². The number of allylic oxidation sites excluding steroid dienone is 1. The number of rotatable bonds is 4. The number of para-hydroxylation sites is 1. The van der Waals surface area contributed by atoms with Crippen LogP contribution in [-0.2, 0) is 19.1 Å². The molecule has 1 saturated heterocycles. The standard InChI is InChI=1S/C27H33N5O5S2/c1-36-24(35)27-14-16(27)9-5-3-2-4-6-11-19(29-25(28)38)23(34)32-15-17(13-20(32)22(33)31-27)37-26-30-18-10-7-8-12-21(18)39-26/h5,7-10,12,16-17,19-20H,2-4,6,11,13-15H2,1H3,(H,31,33)(H3,28,29,38)/t16-,17-,19+,20+,27-/m1/s1. The van der Waals surface area contributed by atoms with E-state index < -0.39 is 35.6 Å². The van der Waals surface area contributed by atoms with Gasteiger partial charge in [-0.05, 0) is 50.0 Å². The minimum atomic E-state index is -1.13. The summed E-state index contributed by atoms with van der Waals surface area (Å²) in [6.45, 7) is 0.191. The van der Waals surface area contributed by atoms with Gasteiger partial charge in [-0.3, -0.25) is 9.59 Å². The monoisotopic (exact) mass is 571 g/mol. The lowest BCUT2D eigenvalue weighted by Gasteiger charge is -2.29. The fourth-order valence-electron chi connectivity index (χ4n) is 5.53. The SMILES string of the molecule is COC(=O)[C@@]12C[C@H]1C=CCCCCC[C@H](NC(N)=S)C(=O)N1C[C@H](Oc3nc4ccccc4s3)C[C@H]1C(=O)N2. The number of amides is 2. The van der Waals surface area contributed by atoms with Gasteiger partial charge in [0.25, 0.3) is 5.19 Å². The van der Waals surface area contributed by atoms with Crippen molar-refractivity contribution in [1.29, 1.82) is 0 Å². The molecule has 0 radical (unpaired) electrons. The quantitative estimate of drug-likeness (QED) is 0.287. The summed E-state index contributed by atoms with van der Waals surface area (Å²) in [6.07, 6.45) is 8.34. The summed E-state index contributed by atoms with van der Waals surface area (Å²) in [4.78, 5) is 46.4. The Labute approximate surface area is 236 Å². The van der Waals surface area contributed by atoms with Crippen LogP contribution in [0.15, 0.2) is 36.4 Å². The van der Waals surface area contributed by atoms with Crippen molar-refractivity contribution >= 4 is 56.7 Å². The summed E-state index contributed by atoms with van der Waals surface area (Å²) in [5.41, 5.74) is 5.47. The highest BCUT2D eigenvalue weighted by Gasteiger charge is 2.62. The molecule has 0 spiro atoms. The average molecular weight is 572 g/mol. The van der Waals surface area contributed by atoms with E-state index in [1.807, 2.05) is 30.3 Å². The number of benzene rings is 1. The highest BCUT2D eigenvalue weighted by atomic mass is 32.1. The van der Waals surface area contributed by atoms with Gasteiger partial charge in [0.05, 0.1) is 23.9 Å². The van der Waals surface area contributed by atoms with E-state index in [-0.39, 0.29) is 29.9 Å². The van der Waals surface area contributed by atoms with Gasteiger partial charge in [-0.1, -0.05) is 48.5 Å². The number of thiocarbonyl (C=S) groups is 1. The van der Waals surface area contributed by atoms with Crippen LogP contribution in [0.1, 0.15) is 44.9 Å². The van der Waals surface area contributed by atoms with Crippen LogP contribution in [0.5, 0.6) is 5.19 Å². The molecule has 5 atom stereocenters. The van der Waals surface area contributed by atoms with Gasteiger partial charge in [0.15, 0.2) is 5.11 Å². The number of thiazole rings is 1. The molecule has 4 N–H and O–H groups in total. The second kappa shape index (κ2) is 11.5. The van der Waals surface area contributed by atoms with Crippen LogP contribution in [0.3, 0.4) is 0 Å². The van der Waals surface area contributed by atoms with Gasteiger partial charge in [-0.15, -0.1) is 0 Å². The van der Waals surface area contributed by atoms with Crippen LogP contribution in [0.4, 0.5) is 0 Å². The average Bonchev–Trinajstić information content (AvgIpc) is 3.22. The van der Waals surface area contributed by atoms with Gasteiger partial charge in [0.1, 0.15) is 23.7 Å². The van der Waals surface area contributed by atoms with Gasteiger partial charge >= 0.3 is 5.97 Å². The molecule has 3 heterocycles. The van der Waals surface area contributed by atoms with E-state index in [9.17, 15) is 14.4 Å². The molecule has 2 aromatic rings. The molecule has 2 amide bonds. The molecule has 39 heavy (non-hydrogen) atoms. The fraction of sp³-hybridized carbons (Fsp3) is 0.519. The van der Waals surface area contributed by atoms with Crippen molar-refractivity contribution < 1.29 is 23.9 Å². The summed E-state index contributed by atoms with van der Waals surface area (Å²) in [6, 6.07) is 6.22. The molecule has 5 rings (SSSR count). The maximum Gasteiger partial charge on any atom is 0.332 e. The summed E-state index contributed by atoms with van der Waals surface area (Å²) in [5.74, 6) is -1.32. The van der Waals surface area contributed by atoms with E-state index in [1.54, 1.807) is 0 Å². The van der Waals surface area contributed by atoms with Gasteiger partial charge in [-0.2, -0.15) is 0 Å². The fourth-order valence-corrected chi connectivity index (χ4v) is 6.55. The largest absolute Gasteiger partial charge is 0.467 e. The Morgan fingerprint density at radius 2 is 2.10 bits per heavy atom. The lowest BCUT2D eigenvalue weighted by molar-refractivity contribution is -0.148. The van der Waals surface area contributed by atoms with Crippen molar-refractivity contribution in [1.82, 2.24) is 20.5 Å². The van der Waals surface area contributed by atoms with Crippen LogP contribution in [0.2, 0.25) is 0 Å². The van der Waals surface area contributed by atoms with E-state index in [0.29, 0.717) is 18.0 Å². The van der Waals surface area contributed by atoms with Crippen LogP contribution in [-0.4, -0.2) is 70.2 Å². The number of hydrogen-bond donors (Lipinski definition) is 3. The Hall–Kier alpha value is -3.25. The zero-order chi connectivity index (χ0) is 27.6. The molecular formula is C27H33N5O5S2. The molecule has 0 bridgehead atoms. The molecule has 1 aliphatic carbocycles.